The Bertz CT molecular complexity index is 248. The van der Waals surface area contributed by atoms with Crippen molar-refractivity contribution in [2.24, 2.45) is 0 Å². The number of nitrogens with one attached hydrogen (secondary N) is 1. The molecule has 0 aliphatic carbocycles. The van der Waals surface area contributed by atoms with Gasteiger partial charge in [0, 0.05) is 6.20 Å². The number of nitrogens with zero attached hydrogens (tertiary/aromatic N) is 1. The Hall–Kier alpha value is -0.940. The molecule has 1 aromatic heterocycles. The van der Waals surface area contributed by atoms with Crippen molar-refractivity contribution in [3.05, 3.63) is 16.6 Å². The molecule has 66 valence electrons. The van der Waals surface area contributed by atoms with Crippen LogP contribution in [0.4, 0.5) is 0 Å². The van der Waals surface area contributed by atoms with Crippen LogP contribution in [-0.4, -0.2) is 25.1 Å². The van der Waals surface area contributed by atoms with Gasteiger partial charge < -0.3 is 10.1 Å². The molecule has 1 rings (SSSR count). The molecular formula is C7H10N2O2S. The minimum atomic E-state index is -0.387. The number of rotatable bonds is 3. The highest BCUT2D eigenvalue weighted by Gasteiger charge is 2.20. The van der Waals surface area contributed by atoms with Gasteiger partial charge >= 0.3 is 5.97 Å². The summed E-state index contributed by atoms with van der Waals surface area (Å²) in [7, 11) is 3.08. The van der Waals surface area contributed by atoms with Crippen molar-refractivity contribution in [2.75, 3.05) is 14.2 Å². The SMILES string of the molecule is CNC(C(=O)OC)c1cncs1. The molecule has 0 saturated heterocycles. The Morgan fingerprint density at radius 1 is 1.83 bits per heavy atom. The highest BCUT2D eigenvalue weighted by Crippen LogP contribution is 2.17. The molecule has 0 aliphatic rings. The summed E-state index contributed by atoms with van der Waals surface area (Å²) < 4.78 is 4.60. The van der Waals surface area contributed by atoms with Gasteiger partial charge in [-0.15, -0.1) is 11.3 Å². The van der Waals surface area contributed by atoms with Gasteiger partial charge in [-0.25, -0.2) is 4.79 Å². The number of hydrogen-bond donors (Lipinski definition) is 1. The van der Waals surface area contributed by atoms with E-state index in [1.54, 1.807) is 18.8 Å². The molecule has 0 aromatic carbocycles. The molecule has 1 aromatic rings. The third-order valence-electron chi connectivity index (χ3n) is 1.46. The molecule has 4 nitrogen and oxygen atoms in total. The Morgan fingerprint density at radius 2 is 2.58 bits per heavy atom. The van der Waals surface area contributed by atoms with Crippen LogP contribution < -0.4 is 5.32 Å². The van der Waals surface area contributed by atoms with E-state index >= 15 is 0 Å². The number of ether oxygens (including phenoxy) is 1. The first-order valence-corrected chi connectivity index (χ1v) is 4.31. The third-order valence-corrected chi connectivity index (χ3v) is 2.30. The van der Waals surface area contributed by atoms with Gasteiger partial charge in [0.25, 0.3) is 0 Å². The molecule has 0 fully saturated rings. The molecule has 1 unspecified atom stereocenters. The number of aromatic nitrogens is 1. The number of carbonyl (C=O) groups is 1. The van der Waals surface area contributed by atoms with Crippen molar-refractivity contribution in [3.63, 3.8) is 0 Å². The second-order valence-electron chi connectivity index (χ2n) is 2.15. The van der Waals surface area contributed by atoms with Crippen LogP contribution >= 0.6 is 11.3 Å². The van der Waals surface area contributed by atoms with Gasteiger partial charge in [-0.3, -0.25) is 4.98 Å². The lowest BCUT2D eigenvalue weighted by atomic mass is 10.3. The summed E-state index contributed by atoms with van der Waals surface area (Å²) in [6.07, 6.45) is 1.66. The Kier molecular flexibility index (Phi) is 3.19. The molecule has 1 heterocycles. The first-order valence-electron chi connectivity index (χ1n) is 3.43. The minimum absolute atomic E-state index is 0.290. The molecule has 0 radical (unpaired) electrons. The summed E-state index contributed by atoms with van der Waals surface area (Å²) in [5.41, 5.74) is 1.68. The van der Waals surface area contributed by atoms with Gasteiger partial charge in [-0.1, -0.05) is 0 Å². The van der Waals surface area contributed by atoms with Crippen LogP contribution in [0, 0.1) is 0 Å². The molecule has 0 aliphatic heterocycles. The van der Waals surface area contributed by atoms with Crippen LogP contribution in [0.2, 0.25) is 0 Å². The Balaban J connectivity index is 2.76. The molecule has 0 spiro atoms. The summed E-state index contributed by atoms with van der Waals surface area (Å²) in [4.78, 5) is 15.9. The molecular weight excluding hydrogens is 176 g/mol. The number of likely N-dealkylation sites (N-methyl/N-ethyl adjacent to an activating group) is 1. The van der Waals surface area contributed by atoms with Crippen molar-refractivity contribution in [3.8, 4) is 0 Å². The minimum Gasteiger partial charge on any atom is -0.468 e. The summed E-state index contributed by atoms with van der Waals surface area (Å²) in [5.74, 6) is -0.290. The van der Waals surface area contributed by atoms with Crippen LogP contribution in [0.3, 0.4) is 0 Å². The molecule has 0 bridgehead atoms. The number of thiazole rings is 1. The zero-order valence-corrected chi connectivity index (χ0v) is 7.72. The van der Waals surface area contributed by atoms with Crippen LogP contribution in [-0.2, 0) is 9.53 Å². The third kappa shape index (κ3) is 1.80. The van der Waals surface area contributed by atoms with Crippen LogP contribution in [0.15, 0.2) is 11.7 Å². The zero-order valence-electron chi connectivity index (χ0n) is 6.90. The zero-order chi connectivity index (χ0) is 8.97. The maximum atomic E-state index is 11.1. The first-order chi connectivity index (χ1) is 5.79. The number of carbonyl (C=O) groups excluding carboxylic acids is 1. The summed E-state index contributed by atoms with van der Waals surface area (Å²) in [5, 5.41) is 2.85. The molecule has 12 heavy (non-hydrogen) atoms. The van der Waals surface area contributed by atoms with E-state index in [4.69, 9.17) is 0 Å². The Morgan fingerprint density at radius 3 is 3.00 bits per heavy atom. The molecule has 5 heteroatoms. The standard InChI is InChI=1S/C7H10N2O2S/c1-8-6(7(10)11-2)5-3-9-4-12-5/h3-4,6,8H,1-2H3. The van der Waals surface area contributed by atoms with Gasteiger partial charge in [-0.2, -0.15) is 0 Å². The van der Waals surface area contributed by atoms with Crippen LogP contribution in [0.1, 0.15) is 10.9 Å². The van der Waals surface area contributed by atoms with Crippen molar-refractivity contribution in [1.82, 2.24) is 10.3 Å². The summed E-state index contributed by atoms with van der Waals surface area (Å²) >= 11 is 1.42. The van der Waals surface area contributed by atoms with Gasteiger partial charge in [0.15, 0.2) is 0 Å². The highest BCUT2D eigenvalue weighted by molar-refractivity contribution is 7.09. The lowest BCUT2D eigenvalue weighted by molar-refractivity contribution is -0.143. The highest BCUT2D eigenvalue weighted by atomic mass is 32.1. The van der Waals surface area contributed by atoms with Crippen molar-refractivity contribution in [2.45, 2.75) is 6.04 Å². The molecule has 0 saturated carbocycles. The lowest BCUT2D eigenvalue weighted by Gasteiger charge is -2.10. The van der Waals surface area contributed by atoms with Crippen molar-refractivity contribution >= 4 is 17.3 Å². The second-order valence-corrected chi connectivity index (χ2v) is 3.07. The fourth-order valence-electron chi connectivity index (χ4n) is 0.862. The van der Waals surface area contributed by atoms with E-state index in [0.29, 0.717) is 0 Å². The predicted molar refractivity (Wildman–Crippen MR) is 45.9 cm³/mol. The fraction of sp³-hybridized carbons (Fsp3) is 0.429. The van der Waals surface area contributed by atoms with E-state index in [1.807, 2.05) is 0 Å². The van der Waals surface area contributed by atoms with Crippen molar-refractivity contribution < 1.29 is 9.53 Å². The topological polar surface area (TPSA) is 51.2 Å². The van der Waals surface area contributed by atoms with Crippen LogP contribution in [0.5, 0.6) is 0 Å². The van der Waals surface area contributed by atoms with E-state index < -0.39 is 0 Å². The second kappa shape index (κ2) is 4.18. The maximum absolute atomic E-state index is 11.1. The number of esters is 1. The van der Waals surface area contributed by atoms with E-state index in [1.165, 1.54) is 18.4 Å². The maximum Gasteiger partial charge on any atom is 0.328 e. The average Bonchev–Trinajstić information content (AvgIpc) is 2.58. The Labute approximate surface area is 74.6 Å². The van der Waals surface area contributed by atoms with Gasteiger partial charge in [0.1, 0.15) is 6.04 Å². The normalized spacial score (nSPS) is 12.5. The average molecular weight is 186 g/mol. The van der Waals surface area contributed by atoms with Gasteiger partial charge in [0.05, 0.1) is 17.5 Å². The largest absolute Gasteiger partial charge is 0.468 e. The molecule has 1 N–H and O–H groups in total. The van der Waals surface area contributed by atoms with E-state index in [2.05, 4.69) is 15.0 Å². The molecule has 1 atom stereocenters. The quantitative estimate of drug-likeness (QED) is 0.701. The summed E-state index contributed by atoms with van der Waals surface area (Å²) in [6, 6.07) is -0.387. The monoisotopic (exact) mass is 186 g/mol. The van der Waals surface area contributed by atoms with Gasteiger partial charge in [-0.05, 0) is 7.05 Å². The van der Waals surface area contributed by atoms with E-state index in [9.17, 15) is 4.79 Å². The summed E-state index contributed by atoms with van der Waals surface area (Å²) in [6.45, 7) is 0. The van der Waals surface area contributed by atoms with E-state index in [-0.39, 0.29) is 12.0 Å². The first kappa shape index (κ1) is 9.15. The smallest absolute Gasteiger partial charge is 0.328 e. The lowest BCUT2D eigenvalue weighted by Crippen LogP contribution is -2.25. The number of methoxy groups -OCH3 is 1. The van der Waals surface area contributed by atoms with Crippen molar-refractivity contribution in [1.29, 1.82) is 0 Å². The van der Waals surface area contributed by atoms with Gasteiger partial charge in [0.2, 0.25) is 0 Å². The van der Waals surface area contributed by atoms with Crippen LogP contribution in [0.25, 0.3) is 0 Å². The number of hydrogen-bond acceptors (Lipinski definition) is 5. The fourth-order valence-corrected chi connectivity index (χ4v) is 1.58. The van der Waals surface area contributed by atoms with E-state index in [0.717, 1.165) is 4.88 Å². The molecule has 0 amide bonds. The predicted octanol–water partition coefficient (Wildman–Crippen LogP) is 0.577.